The topological polar surface area (TPSA) is 45.1 Å². The predicted molar refractivity (Wildman–Crippen MR) is 86.2 cm³/mol. The van der Waals surface area contributed by atoms with Gasteiger partial charge in [-0.25, -0.2) is 0 Å². The second kappa shape index (κ2) is 6.12. The van der Waals surface area contributed by atoms with Crippen molar-refractivity contribution in [3.05, 3.63) is 41.6 Å². The summed E-state index contributed by atoms with van der Waals surface area (Å²) in [5.41, 5.74) is 3.29. The maximum absolute atomic E-state index is 9.81. The van der Waals surface area contributed by atoms with Crippen LogP contribution in [0.1, 0.15) is 43.4 Å². The van der Waals surface area contributed by atoms with Crippen LogP contribution in [0.2, 0.25) is 0 Å². The molecule has 0 atom stereocenters. The van der Waals surface area contributed by atoms with E-state index in [0.29, 0.717) is 0 Å². The van der Waals surface area contributed by atoms with Crippen molar-refractivity contribution in [2.75, 3.05) is 6.61 Å². The molecule has 112 valence electrons. The fourth-order valence-electron chi connectivity index (χ4n) is 3.44. The molecule has 1 heterocycles. The fourth-order valence-corrected chi connectivity index (χ4v) is 3.44. The number of aromatic nitrogens is 1. The molecule has 1 aliphatic rings. The summed E-state index contributed by atoms with van der Waals surface area (Å²) in [5, 5.41) is 14.7. The van der Waals surface area contributed by atoms with E-state index in [1.807, 2.05) is 13.0 Å². The lowest BCUT2D eigenvalue weighted by atomic mass is 9.82. The third-order valence-electron chi connectivity index (χ3n) is 4.70. The molecule has 0 radical (unpaired) electrons. The Morgan fingerprint density at radius 3 is 2.71 bits per heavy atom. The summed E-state index contributed by atoms with van der Waals surface area (Å²) < 4.78 is 0. The van der Waals surface area contributed by atoms with Gasteiger partial charge < -0.3 is 10.4 Å². The lowest BCUT2D eigenvalue weighted by Gasteiger charge is -2.37. The van der Waals surface area contributed by atoms with E-state index in [9.17, 15) is 5.11 Å². The van der Waals surface area contributed by atoms with Crippen molar-refractivity contribution < 1.29 is 5.11 Å². The first-order chi connectivity index (χ1) is 10.2. The van der Waals surface area contributed by atoms with Crippen molar-refractivity contribution in [2.45, 2.75) is 51.1 Å². The first kappa shape index (κ1) is 14.5. The van der Waals surface area contributed by atoms with Gasteiger partial charge in [-0.2, -0.15) is 0 Å². The van der Waals surface area contributed by atoms with Crippen LogP contribution in [0.25, 0.3) is 10.9 Å². The largest absolute Gasteiger partial charge is 0.394 e. The first-order valence-electron chi connectivity index (χ1n) is 7.94. The Morgan fingerprint density at radius 1 is 1.19 bits per heavy atom. The molecule has 3 heteroatoms. The number of rotatable bonds is 4. The molecule has 1 saturated carbocycles. The van der Waals surface area contributed by atoms with E-state index >= 15 is 0 Å². The molecular formula is C18H24N2O. The number of aryl methyl sites for hydroxylation is 1. The number of fused-ring (bicyclic) bond motifs is 1. The number of nitrogens with one attached hydrogen (secondary N) is 1. The third-order valence-corrected chi connectivity index (χ3v) is 4.70. The van der Waals surface area contributed by atoms with E-state index in [1.165, 1.54) is 30.2 Å². The number of hydrogen-bond acceptors (Lipinski definition) is 3. The van der Waals surface area contributed by atoms with E-state index < -0.39 is 0 Å². The number of hydrogen-bond donors (Lipinski definition) is 2. The molecule has 21 heavy (non-hydrogen) atoms. The number of para-hydroxylation sites is 1. The van der Waals surface area contributed by atoms with Gasteiger partial charge in [0.2, 0.25) is 0 Å². The minimum absolute atomic E-state index is 0.0868. The van der Waals surface area contributed by atoms with E-state index in [-0.39, 0.29) is 12.1 Å². The van der Waals surface area contributed by atoms with E-state index in [1.54, 1.807) is 0 Å². The molecule has 0 amide bonds. The van der Waals surface area contributed by atoms with Crippen molar-refractivity contribution in [2.24, 2.45) is 0 Å². The Labute approximate surface area is 126 Å². The van der Waals surface area contributed by atoms with Gasteiger partial charge in [0, 0.05) is 23.2 Å². The summed E-state index contributed by atoms with van der Waals surface area (Å²) in [6.07, 6.45) is 5.87. The molecule has 1 aliphatic carbocycles. The summed E-state index contributed by atoms with van der Waals surface area (Å²) in [5.74, 6) is 0. The highest BCUT2D eigenvalue weighted by molar-refractivity contribution is 5.82. The second-order valence-electron chi connectivity index (χ2n) is 6.29. The minimum atomic E-state index is -0.0868. The molecule has 2 N–H and O–H groups in total. The van der Waals surface area contributed by atoms with Crippen LogP contribution in [0.3, 0.4) is 0 Å². The van der Waals surface area contributed by atoms with Crippen LogP contribution in [-0.4, -0.2) is 22.2 Å². The van der Waals surface area contributed by atoms with Gasteiger partial charge in [-0.05, 0) is 37.5 Å². The molecule has 1 aromatic carbocycles. The minimum Gasteiger partial charge on any atom is -0.394 e. The van der Waals surface area contributed by atoms with Crippen LogP contribution >= 0.6 is 0 Å². The summed E-state index contributed by atoms with van der Waals surface area (Å²) in [6.45, 7) is 3.07. The zero-order valence-electron chi connectivity index (χ0n) is 12.7. The summed E-state index contributed by atoms with van der Waals surface area (Å²) in [4.78, 5) is 4.59. The molecule has 0 saturated heterocycles. The molecule has 3 nitrogen and oxygen atoms in total. The van der Waals surface area contributed by atoms with Crippen molar-refractivity contribution in [1.29, 1.82) is 0 Å². The Morgan fingerprint density at radius 2 is 1.95 bits per heavy atom. The van der Waals surface area contributed by atoms with Gasteiger partial charge in [0.15, 0.2) is 0 Å². The maximum atomic E-state index is 9.81. The fraction of sp³-hybridized carbons (Fsp3) is 0.500. The van der Waals surface area contributed by atoms with Gasteiger partial charge in [-0.15, -0.1) is 0 Å². The molecule has 1 aromatic heterocycles. The van der Waals surface area contributed by atoms with Gasteiger partial charge in [0.1, 0.15) is 0 Å². The SMILES string of the molecule is Cc1cc(CNC2(CO)CCCCC2)c2ccccc2n1. The predicted octanol–water partition coefficient (Wildman–Crippen LogP) is 3.33. The van der Waals surface area contributed by atoms with Gasteiger partial charge in [-0.1, -0.05) is 37.5 Å². The highest BCUT2D eigenvalue weighted by Gasteiger charge is 2.30. The average Bonchev–Trinajstić information content (AvgIpc) is 2.53. The van der Waals surface area contributed by atoms with Crippen molar-refractivity contribution >= 4 is 10.9 Å². The van der Waals surface area contributed by atoms with Crippen LogP contribution in [0.15, 0.2) is 30.3 Å². The van der Waals surface area contributed by atoms with Crippen LogP contribution in [0.4, 0.5) is 0 Å². The smallest absolute Gasteiger partial charge is 0.0708 e. The van der Waals surface area contributed by atoms with Crippen LogP contribution in [-0.2, 0) is 6.54 Å². The Balaban J connectivity index is 1.84. The second-order valence-corrected chi connectivity index (χ2v) is 6.29. The lowest BCUT2D eigenvalue weighted by molar-refractivity contribution is 0.119. The number of nitrogens with zero attached hydrogens (tertiary/aromatic N) is 1. The average molecular weight is 284 g/mol. The van der Waals surface area contributed by atoms with Crippen LogP contribution in [0, 0.1) is 6.92 Å². The van der Waals surface area contributed by atoms with Crippen molar-refractivity contribution in [3.8, 4) is 0 Å². The van der Waals surface area contributed by atoms with E-state index in [4.69, 9.17) is 0 Å². The quantitative estimate of drug-likeness (QED) is 0.905. The zero-order chi connectivity index (χ0) is 14.7. The molecule has 2 aromatic rings. The number of aliphatic hydroxyl groups is 1. The van der Waals surface area contributed by atoms with Gasteiger partial charge in [0.05, 0.1) is 12.1 Å². The van der Waals surface area contributed by atoms with Crippen LogP contribution < -0.4 is 5.32 Å². The Bertz CT molecular complexity index is 618. The van der Waals surface area contributed by atoms with E-state index in [0.717, 1.165) is 30.6 Å². The Hall–Kier alpha value is -1.45. The van der Waals surface area contributed by atoms with Gasteiger partial charge >= 0.3 is 0 Å². The highest BCUT2D eigenvalue weighted by atomic mass is 16.3. The van der Waals surface area contributed by atoms with E-state index in [2.05, 4.69) is 34.6 Å². The standard InChI is InChI=1S/C18H24N2O/c1-14-11-15(16-7-3-4-8-17(16)20-14)12-19-18(13-21)9-5-2-6-10-18/h3-4,7-8,11,19,21H,2,5-6,9-10,12-13H2,1H3. The summed E-state index contributed by atoms with van der Waals surface area (Å²) >= 11 is 0. The third kappa shape index (κ3) is 3.09. The molecule has 1 fully saturated rings. The molecule has 0 spiro atoms. The maximum Gasteiger partial charge on any atom is 0.0708 e. The normalized spacial score (nSPS) is 18.0. The number of pyridine rings is 1. The first-order valence-corrected chi connectivity index (χ1v) is 7.94. The molecular weight excluding hydrogens is 260 g/mol. The number of benzene rings is 1. The van der Waals surface area contributed by atoms with Crippen molar-refractivity contribution in [3.63, 3.8) is 0 Å². The summed E-state index contributed by atoms with van der Waals surface area (Å²) in [7, 11) is 0. The zero-order valence-corrected chi connectivity index (χ0v) is 12.7. The van der Waals surface area contributed by atoms with Gasteiger partial charge in [-0.3, -0.25) is 4.98 Å². The van der Waals surface area contributed by atoms with Crippen molar-refractivity contribution in [1.82, 2.24) is 10.3 Å². The molecule has 0 aliphatic heterocycles. The Kier molecular flexibility index (Phi) is 4.22. The van der Waals surface area contributed by atoms with Gasteiger partial charge in [0.25, 0.3) is 0 Å². The molecule has 3 rings (SSSR count). The monoisotopic (exact) mass is 284 g/mol. The highest BCUT2D eigenvalue weighted by Crippen LogP contribution is 2.28. The molecule has 0 bridgehead atoms. The van der Waals surface area contributed by atoms with Crippen LogP contribution in [0.5, 0.6) is 0 Å². The lowest BCUT2D eigenvalue weighted by Crippen LogP contribution is -2.49. The summed E-state index contributed by atoms with van der Waals surface area (Å²) in [6, 6.07) is 10.4. The molecule has 0 unspecified atom stereocenters. The number of aliphatic hydroxyl groups excluding tert-OH is 1.